The molecule has 1 saturated heterocycles. The van der Waals surface area contributed by atoms with Gasteiger partial charge in [0.1, 0.15) is 6.54 Å². The van der Waals surface area contributed by atoms with Crippen LogP contribution in [-0.4, -0.2) is 40.1 Å². The molecule has 0 bridgehead atoms. The van der Waals surface area contributed by atoms with Gasteiger partial charge in [0.2, 0.25) is 5.91 Å². The highest BCUT2D eigenvalue weighted by Gasteiger charge is 2.27. The summed E-state index contributed by atoms with van der Waals surface area (Å²) in [5.74, 6) is -0.358. The minimum Gasteiger partial charge on any atom is -0.376 e. The summed E-state index contributed by atoms with van der Waals surface area (Å²) in [6.45, 7) is 0.812. The van der Waals surface area contributed by atoms with Gasteiger partial charge in [-0.2, -0.15) is 0 Å². The molecule has 0 unspecified atom stereocenters. The van der Waals surface area contributed by atoms with Crippen LogP contribution in [0.1, 0.15) is 12.8 Å². The van der Waals surface area contributed by atoms with E-state index in [0.29, 0.717) is 18.8 Å². The molecule has 2 aromatic carbocycles. The lowest BCUT2D eigenvalue weighted by Gasteiger charge is -2.24. The molecular weight excluding hydrogens is 479 g/mol. The molecule has 1 atom stereocenters. The lowest BCUT2D eigenvalue weighted by molar-refractivity contribution is -0.120. The van der Waals surface area contributed by atoms with E-state index >= 15 is 0 Å². The number of ether oxygens (including phenoxy) is 1. The van der Waals surface area contributed by atoms with Crippen molar-refractivity contribution >= 4 is 44.2 Å². The van der Waals surface area contributed by atoms with Crippen LogP contribution in [0.25, 0.3) is 0 Å². The third kappa shape index (κ3) is 5.20. The minimum atomic E-state index is -3.86. The first-order valence-corrected chi connectivity index (χ1v) is 11.2. The second kappa shape index (κ2) is 9.03. The molecule has 27 heavy (non-hydrogen) atoms. The largest absolute Gasteiger partial charge is 0.376 e. The van der Waals surface area contributed by atoms with E-state index in [1.54, 1.807) is 30.3 Å². The molecule has 0 saturated carbocycles. The second-order valence-corrected chi connectivity index (χ2v) is 9.35. The second-order valence-electron chi connectivity index (χ2n) is 6.24. The molecule has 8 heteroatoms. The number of halogens is 1. The van der Waals surface area contributed by atoms with Gasteiger partial charge in [-0.25, -0.2) is 8.42 Å². The topological polar surface area (TPSA) is 75.7 Å². The summed E-state index contributed by atoms with van der Waals surface area (Å²) >= 11 is 2.15. The van der Waals surface area contributed by atoms with Gasteiger partial charge in [0.15, 0.2) is 0 Å². The predicted octanol–water partition coefficient (Wildman–Crippen LogP) is 2.78. The molecule has 144 valence electrons. The van der Waals surface area contributed by atoms with Crippen molar-refractivity contribution in [2.45, 2.75) is 23.8 Å². The Kier molecular flexibility index (Phi) is 6.72. The van der Waals surface area contributed by atoms with Crippen molar-refractivity contribution in [2.75, 3.05) is 24.0 Å². The smallest absolute Gasteiger partial charge is 0.264 e. The number of rotatable bonds is 7. The zero-order valence-electron chi connectivity index (χ0n) is 14.7. The Morgan fingerprint density at radius 3 is 2.48 bits per heavy atom. The summed E-state index contributed by atoms with van der Waals surface area (Å²) in [7, 11) is -3.86. The van der Waals surface area contributed by atoms with Crippen LogP contribution in [0.2, 0.25) is 0 Å². The Hall–Kier alpha value is -1.65. The van der Waals surface area contributed by atoms with E-state index in [9.17, 15) is 13.2 Å². The lowest BCUT2D eigenvalue weighted by Crippen LogP contribution is -2.42. The highest BCUT2D eigenvalue weighted by Crippen LogP contribution is 2.24. The maximum atomic E-state index is 13.1. The van der Waals surface area contributed by atoms with Gasteiger partial charge in [-0.1, -0.05) is 18.2 Å². The fourth-order valence-electron chi connectivity index (χ4n) is 2.86. The summed E-state index contributed by atoms with van der Waals surface area (Å²) in [4.78, 5) is 12.6. The molecule has 3 rings (SSSR count). The number of benzene rings is 2. The summed E-state index contributed by atoms with van der Waals surface area (Å²) in [6, 6.07) is 15.2. The zero-order chi connectivity index (χ0) is 19.3. The Morgan fingerprint density at radius 1 is 1.15 bits per heavy atom. The Labute approximate surface area is 173 Å². The lowest BCUT2D eigenvalue weighted by atomic mass is 10.2. The van der Waals surface area contributed by atoms with Gasteiger partial charge in [-0.05, 0) is 71.8 Å². The van der Waals surface area contributed by atoms with Crippen LogP contribution in [0.4, 0.5) is 5.69 Å². The average molecular weight is 500 g/mol. The van der Waals surface area contributed by atoms with E-state index in [-0.39, 0.29) is 23.5 Å². The number of hydrogen-bond donors (Lipinski definition) is 1. The van der Waals surface area contributed by atoms with Gasteiger partial charge in [0.25, 0.3) is 10.0 Å². The van der Waals surface area contributed by atoms with Crippen molar-refractivity contribution < 1.29 is 17.9 Å². The van der Waals surface area contributed by atoms with Crippen LogP contribution in [-0.2, 0) is 19.6 Å². The van der Waals surface area contributed by atoms with E-state index < -0.39 is 10.0 Å². The van der Waals surface area contributed by atoms with Crippen molar-refractivity contribution in [1.29, 1.82) is 0 Å². The first-order chi connectivity index (χ1) is 13.0. The Balaban J connectivity index is 1.81. The molecule has 2 aromatic rings. The van der Waals surface area contributed by atoms with Gasteiger partial charge < -0.3 is 10.1 Å². The predicted molar refractivity (Wildman–Crippen MR) is 112 cm³/mol. The fourth-order valence-corrected chi connectivity index (χ4v) is 4.66. The standard InChI is InChI=1S/C19H21IN2O4S/c20-15-8-10-16(11-9-15)22(27(24,25)18-6-2-1-3-7-18)14-19(23)21-13-17-5-4-12-26-17/h1-3,6-11,17H,4-5,12-14H2,(H,21,23)/t17-/m1/s1. The highest BCUT2D eigenvalue weighted by atomic mass is 127. The van der Waals surface area contributed by atoms with Crippen LogP contribution < -0.4 is 9.62 Å². The van der Waals surface area contributed by atoms with Crippen molar-refractivity contribution in [3.8, 4) is 0 Å². The maximum Gasteiger partial charge on any atom is 0.264 e. The number of hydrogen-bond acceptors (Lipinski definition) is 4. The van der Waals surface area contributed by atoms with E-state index in [0.717, 1.165) is 20.7 Å². The molecule has 0 aromatic heterocycles. The number of carbonyl (C=O) groups excluding carboxylic acids is 1. The van der Waals surface area contributed by atoms with Crippen LogP contribution in [0, 0.1) is 3.57 Å². The molecule has 1 aliphatic heterocycles. The first kappa shape index (κ1) is 20.1. The number of carbonyl (C=O) groups is 1. The van der Waals surface area contributed by atoms with Crippen LogP contribution >= 0.6 is 22.6 Å². The van der Waals surface area contributed by atoms with E-state index in [2.05, 4.69) is 27.9 Å². The summed E-state index contributed by atoms with van der Waals surface area (Å²) in [6.07, 6.45) is 1.90. The number of nitrogens with one attached hydrogen (secondary N) is 1. The average Bonchev–Trinajstić information content (AvgIpc) is 3.19. The van der Waals surface area contributed by atoms with Crippen molar-refractivity contribution in [3.63, 3.8) is 0 Å². The van der Waals surface area contributed by atoms with Gasteiger partial charge in [-0.3, -0.25) is 9.10 Å². The zero-order valence-corrected chi connectivity index (χ0v) is 17.6. The SMILES string of the molecule is O=C(CN(c1ccc(I)cc1)S(=O)(=O)c1ccccc1)NC[C@H]1CCCO1. The molecule has 0 aliphatic carbocycles. The quantitative estimate of drug-likeness (QED) is 0.594. The fraction of sp³-hybridized carbons (Fsp3) is 0.316. The molecule has 1 fully saturated rings. The third-order valence-electron chi connectivity index (χ3n) is 4.28. The molecular formula is C19H21IN2O4S. The molecule has 6 nitrogen and oxygen atoms in total. The summed E-state index contributed by atoms with van der Waals surface area (Å²) < 4.78 is 33.9. The minimum absolute atomic E-state index is 0.00596. The van der Waals surface area contributed by atoms with Crippen LogP contribution in [0.3, 0.4) is 0 Å². The van der Waals surface area contributed by atoms with E-state index in [4.69, 9.17) is 4.74 Å². The normalized spacial score (nSPS) is 16.9. The molecule has 1 heterocycles. The number of anilines is 1. The number of sulfonamides is 1. The van der Waals surface area contributed by atoms with E-state index in [1.807, 2.05) is 12.1 Å². The summed E-state index contributed by atoms with van der Waals surface area (Å²) in [5, 5.41) is 2.79. The summed E-state index contributed by atoms with van der Waals surface area (Å²) in [5.41, 5.74) is 0.450. The molecule has 0 spiro atoms. The molecule has 1 aliphatic rings. The van der Waals surface area contributed by atoms with Gasteiger partial charge in [0.05, 0.1) is 16.7 Å². The highest BCUT2D eigenvalue weighted by molar-refractivity contribution is 14.1. The monoisotopic (exact) mass is 500 g/mol. The maximum absolute atomic E-state index is 13.1. The molecule has 1 amide bonds. The molecule has 1 N–H and O–H groups in total. The van der Waals surface area contributed by atoms with Crippen molar-refractivity contribution in [3.05, 3.63) is 58.2 Å². The first-order valence-electron chi connectivity index (χ1n) is 8.68. The van der Waals surface area contributed by atoms with Crippen LogP contribution in [0.5, 0.6) is 0 Å². The van der Waals surface area contributed by atoms with Gasteiger partial charge in [-0.15, -0.1) is 0 Å². The van der Waals surface area contributed by atoms with E-state index in [1.165, 1.54) is 12.1 Å². The Morgan fingerprint density at radius 2 is 1.85 bits per heavy atom. The number of nitrogens with zero attached hydrogens (tertiary/aromatic N) is 1. The Bertz CT molecular complexity index is 866. The van der Waals surface area contributed by atoms with Crippen LogP contribution in [0.15, 0.2) is 59.5 Å². The van der Waals surface area contributed by atoms with Crippen molar-refractivity contribution in [1.82, 2.24) is 5.32 Å². The third-order valence-corrected chi connectivity index (χ3v) is 6.79. The van der Waals surface area contributed by atoms with Crippen molar-refractivity contribution in [2.24, 2.45) is 0 Å². The molecule has 0 radical (unpaired) electrons. The van der Waals surface area contributed by atoms with Gasteiger partial charge in [0, 0.05) is 16.7 Å². The van der Waals surface area contributed by atoms with Gasteiger partial charge >= 0.3 is 0 Å². The number of amides is 1.